The van der Waals surface area contributed by atoms with E-state index in [9.17, 15) is 29.6 Å². The van der Waals surface area contributed by atoms with Crippen LogP contribution in [0.4, 0.5) is 17.1 Å². The number of thioether (sulfide) groups is 1. The number of hydrogen-bond donors (Lipinski definition) is 3. The van der Waals surface area contributed by atoms with Crippen LogP contribution in [0.25, 0.3) is 0 Å². The monoisotopic (exact) mass is 469 g/mol. The summed E-state index contributed by atoms with van der Waals surface area (Å²) in [6.07, 6.45) is 4.32. The first-order valence-electron chi connectivity index (χ1n) is 10.2. The molecule has 0 fully saturated rings. The molecule has 0 aromatic heterocycles. The summed E-state index contributed by atoms with van der Waals surface area (Å²) >= 11 is 1.28. The molecular weight excluding hydrogens is 446 g/mol. The molecule has 1 aliphatic rings. The van der Waals surface area contributed by atoms with Gasteiger partial charge in [-0.3, -0.25) is 24.5 Å². The molecular formula is C23H23N3O6S. The highest BCUT2D eigenvalue weighted by molar-refractivity contribution is 8.00. The Bertz CT molecular complexity index is 1100. The highest BCUT2D eigenvalue weighted by Crippen LogP contribution is 2.28. The first-order chi connectivity index (χ1) is 15.7. The van der Waals surface area contributed by atoms with Gasteiger partial charge in [-0.2, -0.15) is 0 Å². The van der Waals surface area contributed by atoms with Crippen molar-refractivity contribution in [1.29, 1.82) is 0 Å². The lowest BCUT2D eigenvalue weighted by molar-refractivity contribution is -0.384. The number of amides is 2. The first kappa shape index (κ1) is 24.0. The summed E-state index contributed by atoms with van der Waals surface area (Å²) in [7, 11) is 0. The van der Waals surface area contributed by atoms with Gasteiger partial charge in [-0.25, -0.2) is 0 Å². The number of carbonyl (C=O) groups is 3. The summed E-state index contributed by atoms with van der Waals surface area (Å²) < 4.78 is 0. The molecule has 2 aromatic rings. The van der Waals surface area contributed by atoms with E-state index in [2.05, 4.69) is 10.6 Å². The van der Waals surface area contributed by atoms with E-state index in [1.54, 1.807) is 43.3 Å². The second-order valence-corrected chi connectivity index (χ2v) is 8.65. The summed E-state index contributed by atoms with van der Waals surface area (Å²) in [6, 6.07) is 11.2. The van der Waals surface area contributed by atoms with Crippen LogP contribution < -0.4 is 10.6 Å². The molecule has 0 spiro atoms. The highest BCUT2D eigenvalue weighted by Gasteiger charge is 2.33. The van der Waals surface area contributed by atoms with Gasteiger partial charge in [0.25, 0.3) is 5.69 Å². The van der Waals surface area contributed by atoms with Gasteiger partial charge in [0.2, 0.25) is 11.8 Å². The quantitative estimate of drug-likeness (QED) is 0.227. The number of aliphatic carboxylic acids is 1. The molecule has 2 amide bonds. The zero-order valence-corrected chi connectivity index (χ0v) is 18.6. The molecule has 2 aromatic carbocycles. The Labute approximate surface area is 194 Å². The van der Waals surface area contributed by atoms with Crippen LogP contribution in [-0.4, -0.2) is 33.6 Å². The topological polar surface area (TPSA) is 139 Å². The fraction of sp³-hybridized carbons (Fsp3) is 0.261. The molecule has 0 saturated heterocycles. The van der Waals surface area contributed by atoms with Gasteiger partial charge in [-0.05, 0) is 49.6 Å². The van der Waals surface area contributed by atoms with Crippen molar-refractivity contribution in [3.05, 3.63) is 70.3 Å². The second-order valence-electron chi connectivity index (χ2n) is 7.60. The Morgan fingerprint density at radius 1 is 1.06 bits per heavy atom. The minimum absolute atomic E-state index is 0.0971. The molecule has 1 aliphatic carbocycles. The lowest BCUT2D eigenvalue weighted by atomic mass is 9.82. The maximum absolute atomic E-state index is 12.5. The molecule has 33 heavy (non-hydrogen) atoms. The molecule has 172 valence electrons. The van der Waals surface area contributed by atoms with Crippen molar-refractivity contribution in [1.82, 2.24) is 0 Å². The van der Waals surface area contributed by atoms with Crippen LogP contribution in [0.5, 0.6) is 0 Å². The van der Waals surface area contributed by atoms with Crippen LogP contribution in [0, 0.1) is 28.9 Å². The molecule has 2 atom stereocenters. The highest BCUT2D eigenvalue weighted by atomic mass is 32.2. The average molecular weight is 470 g/mol. The fourth-order valence-electron chi connectivity index (χ4n) is 3.44. The van der Waals surface area contributed by atoms with E-state index >= 15 is 0 Å². The normalized spacial score (nSPS) is 17.2. The number of hydrogen-bond acceptors (Lipinski definition) is 6. The Kier molecular flexibility index (Phi) is 7.83. The van der Waals surface area contributed by atoms with Gasteiger partial charge in [0, 0.05) is 22.7 Å². The number of non-ortho nitro benzene ring substituents is 1. The predicted molar refractivity (Wildman–Crippen MR) is 125 cm³/mol. The number of nitro groups is 1. The zero-order valence-electron chi connectivity index (χ0n) is 17.8. The van der Waals surface area contributed by atoms with Crippen molar-refractivity contribution in [2.75, 3.05) is 16.4 Å². The van der Waals surface area contributed by atoms with Gasteiger partial charge in [0.05, 0.1) is 28.2 Å². The van der Waals surface area contributed by atoms with Crippen molar-refractivity contribution in [3.63, 3.8) is 0 Å². The van der Waals surface area contributed by atoms with Gasteiger partial charge in [0.1, 0.15) is 0 Å². The molecule has 0 aliphatic heterocycles. The maximum Gasteiger partial charge on any atom is 0.307 e. The lowest BCUT2D eigenvalue weighted by Gasteiger charge is -2.24. The number of nitro benzene ring substituents is 1. The number of rotatable bonds is 8. The van der Waals surface area contributed by atoms with Crippen LogP contribution in [0.3, 0.4) is 0 Å². The lowest BCUT2D eigenvalue weighted by Crippen LogP contribution is -2.34. The van der Waals surface area contributed by atoms with Crippen LogP contribution in [0.1, 0.15) is 18.4 Å². The Balaban J connectivity index is 1.53. The molecule has 0 heterocycles. The molecule has 3 N–H and O–H groups in total. The van der Waals surface area contributed by atoms with Gasteiger partial charge < -0.3 is 15.7 Å². The fourth-order valence-corrected chi connectivity index (χ4v) is 4.14. The van der Waals surface area contributed by atoms with Gasteiger partial charge >= 0.3 is 5.97 Å². The van der Waals surface area contributed by atoms with Crippen molar-refractivity contribution in [2.24, 2.45) is 11.8 Å². The number of benzene rings is 2. The summed E-state index contributed by atoms with van der Waals surface area (Å²) in [4.78, 5) is 47.4. The standard InChI is InChI=1S/C23H23N3O6S/c1-14-6-9-16(26(31)32)12-20(14)25-21(27)13-33-17-10-7-15(8-11-17)24-22(28)18-4-2-3-5-19(18)23(29)30/h2-3,6-12,18-19H,4-5,13H2,1H3,(H,24,28)(H,25,27)(H,29,30). The number of aryl methyl sites for hydroxylation is 1. The Hall–Kier alpha value is -3.66. The first-order valence-corrected chi connectivity index (χ1v) is 11.2. The Morgan fingerprint density at radius 3 is 2.36 bits per heavy atom. The summed E-state index contributed by atoms with van der Waals surface area (Å²) in [5, 5.41) is 25.7. The average Bonchev–Trinajstić information content (AvgIpc) is 2.79. The molecule has 0 bridgehead atoms. The largest absolute Gasteiger partial charge is 0.481 e. The van der Waals surface area contributed by atoms with Gasteiger partial charge in [0.15, 0.2) is 0 Å². The van der Waals surface area contributed by atoms with Crippen molar-refractivity contribution in [3.8, 4) is 0 Å². The predicted octanol–water partition coefficient (Wildman–Crippen LogP) is 4.24. The number of allylic oxidation sites excluding steroid dienone is 2. The van der Waals surface area contributed by atoms with E-state index in [0.717, 1.165) is 10.5 Å². The third-order valence-corrected chi connectivity index (χ3v) is 6.30. The summed E-state index contributed by atoms with van der Waals surface area (Å²) in [5.41, 5.74) is 1.56. The van der Waals surface area contributed by atoms with Crippen LogP contribution >= 0.6 is 11.8 Å². The molecule has 0 saturated carbocycles. The molecule has 0 radical (unpaired) electrons. The van der Waals surface area contributed by atoms with E-state index in [0.29, 0.717) is 24.2 Å². The SMILES string of the molecule is Cc1ccc([N+](=O)[O-])cc1NC(=O)CSc1ccc(NC(=O)C2CC=CCC2C(=O)O)cc1. The number of carbonyl (C=O) groups excluding carboxylic acids is 2. The summed E-state index contributed by atoms with van der Waals surface area (Å²) in [5.74, 6) is -2.88. The van der Waals surface area contributed by atoms with Crippen LogP contribution in [0.2, 0.25) is 0 Å². The molecule has 3 rings (SSSR count). The van der Waals surface area contributed by atoms with Gasteiger partial charge in [-0.1, -0.05) is 18.2 Å². The van der Waals surface area contributed by atoms with Crippen molar-refractivity contribution >= 4 is 46.6 Å². The van der Waals surface area contributed by atoms with Crippen LogP contribution in [0.15, 0.2) is 59.5 Å². The van der Waals surface area contributed by atoms with E-state index in [4.69, 9.17) is 0 Å². The van der Waals surface area contributed by atoms with E-state index < -0.39 is 22.7 Å². The van der Waals surface area contributed by atoms with Gasteiger partial charge in [-0.15, -0.1) is 11.8 Å². The van der Waals surface area contributed by atoms with Crippen molar-refractivity contribution in [2.45, 2.75) is 24.7 Å². The number of anilines is 2. The zero-order chi connectivity index (χ0) is 24.0. The molecule has 9 nitrogen and oxygen atoms in total. The smallest absolute Gasteiger partial charge is 0.307 e. The third-order valence-electron chi connectivity index (χ3n) is 5.28. The number of nitrogens with zero attached hydrogens (tertiary/aromatic N) is 1. The van der Waals surface area contributed by atoms with E-state index in [1.807, 2.05) is 6.08 Å². The minimum atomic E-state index is -0.982. The number of carboxylic acid groups (broad SMARTS) is 1. The second kappa shape index (κ2) is 10.8. The van der Waals surface area contributed by atoms with E-state index in [-0.39, 0.29) is 23.3 Å². The van der Waals surface area contributed by atoms with Crippen molar-refractivity contribution < 1.29 is 24.4 Å². The molecule has 10 heteroatoms. The number of nitrogens with one attached hydrogen (secondary N) is 2. The minimum Gasteiger partial charge on any atom is -0.481 e. The summed E-state index contributed by atoms with van der Waals surface area (Å²) in [6.45, 7) is 1.75. The third kappa shape index (κ3) is 6.42. The molecule has 2 unspecified atom stereocenters. The van der Waals surface area contributed by atoms with E-state index in [1.165, 1.54) is 23.9 Å². The maximum atomic E-state index is 12.5. The number of carboxylic acids is 1. The Morgan fingerprint density at radius 2 is 1.73 bits per heavy atom. The van der Waals surface area contributed by atoms with Crippen LogP contribution in [-0.2, 0) is 14.4 Å².